The summed E-state index contributed by atoms with van der Waals surface area (Å²) in [6.07, 6.45) is 3.76. The molecule has 4 rings (SSSR count). The molecule has 0 bridgehead atoms. The van der Waals surface area contributed by atoms with Crippen molar-refractivity contribution < 1.29 is 19.8 Å². The van der Waals surface area contributed by atoms with Gasteiger partial charge in [-0.05, 0) is 56.4 Å². The van der Waals surface area contributed by atoms with E-state index in [1.54, 1.807) is 4.90 Å². The molecule has 1 heterocycles. The van der Waals surface area contributed by atoms with Crippen molar-refractivity contribution in [3.8, 4) is 0 Å². The minimum absolute atomic E-state index is 0.0866. The quantitative estimate of drug-likeness (QED) is 0.684. The summed E-state index contributed by atoms with van der Waals surface area (Å²) in [6.45, 7) is 6.52. The Morgan fingerprint density at radius 3 is 2.36 bits per heavy atom. The first-order chi connectivity index (χ1) is 15.6. The molecule has 2 fully saturated rings. The molecule has 1 unspecified atom stereocenters. The minimum Gasteiger partial charge on any atom is -0.465 e. The third-order valence-corrected chi connectivity index (χ3v) is 7.38. The molecule has 2 amide bonds. The van der Waals surface area contributed by atoms with Crippen molar-refractivity contribution in [2.75, 3.05) is 13.1 Å². The summed E-state index contributed by atoms with van der Waals surface area (Å²) in [4.78, 5) is 29.2. The fourth-order valence-electron chi connectivity index (χ4n) is 5.85. The van der Waals surface area contributed by atoms with Crippen molar-refractivity contribution in [3.63, 3.8) is 0 Å². The van der Waals surface area contributed by atoms with E-state index in [9.17, 15) is 19.8 Å². The van der Waals surface area contributed by atoms with Gasteiger partial charge in [-0.3, -0.25) is 9.69 Å². The highest BCUT2D eigenvalue weighted by Gasteiger charge is 2.47. The first-order valence-electron chi connectivity index (χ1n) is 12.1. The number of carbonyl (C=O) groups excluding carboxylic acids is 1. The maximum absolute atomic E-state index is 14.0. The van der Waals surface area contributed by atoms with Crippen LogP contribution >= 0.6 is 0 Å². The van der Waals surface area contributed by atoms with Gasteiger partial charge >= 0.3 is 6.09 Å². The zero-order valence-electron chi connectivity index (χ0n) is 20.0. The Hall–Kier alpha value is -2.60. The average molecular weight is 453 g/mol. The highest BCUT2D eigenvalue weighted by atomic mass is 16.4. The Morgan fingerprint density at radius 2 is 1.73 bits per heavy atom. The molecule has 2 atom stereocenters. The van der Waals surface area contributed by atoms with Crippen molar-refractivity contribution in [2.24, 2.45) is 0 Å². The Balaban J connectivity index is 1.66. The van der Waals surface area contributed by atoms with Crippen molar-refractivity contribution >= 4 is 22.8 Å². The van der Waals surface area contributed by atoms with Crippen LogP contribution in [0, 0.1) is 0 Å². The number of nitrogens with zero attached hydrogens (tertiary/aromatic N) is 2. The Kier molecular flexibility index (Phi) is 6.41. The number of fused-ring (bicyclic) bond motifs is 1. The van der Waals surface area contributed by atoms with Crippen molar-refractivity contribution in [3.05, 3.63) is 48.0 Å². The van der Waals surface area contributed by atoms with Crippen LogP contribution in [0.15, 0.2) is 42.5 Å². The van der Waals surface area contributed by atoms with Crippen LogP contribution in [0.4, 0.5) is 4.79 Å². The average Bonchev–Trinajstić information content (AvgIpc) is 3.22. The third kappa shape index (κ3) is 4.72. The van der Waals surface area contributed by atoms with E-state index < -0.39 is 23.2 Å². The molecular formula is C27H36N2O4. The number of amides is 2. The van der Waals surface area contributed by atoms with Gasteiger partial charge in [-0.25, -0.2) is 4.79 Å². The molecule has 1 aliphatic carbocycles. The number of likely N-dealkylation sites (tertiary alicyclic amines) is 1. The molecule has 2 aliphatic rings. The number of hydrogen-bond acceptors (Lipinski definition) is 3. The van der Waals surface area contributed by atoms with Gasteiger partial charge in [0, 0.05) is 18.6 Å². The zero-order valence-corrected chi connectivity index (χ0v) is 20.0. The topological polar surface area (TPSA) is 81.1 Å². The summed E-state index contributed by atoms with van der Waals surface area (Å²) in [6, 6.07) is 13.8. The van der Waals surface area contributed by atoms with Crippen LogP contribution in [0.2, 0.25) is 0 Å². The zero-order chi connectivity index (χ0) is 23.8. The lowest BCUT2D eigenvalue weighted by Crippen LogP contribution is -2.53. The second-order valence-corrected chi connectivity index (χ2v) is 10.8. The minimum atomic E-state index is -1.08. The van der Waals surface area contributed by atoms with Gasteiger partial charge in [0.05, 0.1) is 17.6 Å². The Bertz CT molecular complexity index is 1020. The van der Waals surface area contributed by atoms with E-state index in [1.165, 1.54) is 4.90 Å². The summed E-state index contributed by atoms with van der Waals surface area (Å²) in [5.41, 5.74) is -0.779. The fourth-order valence-corrected chi connectivity index (χ4v) is 5.85. The second kappa shape index (κ2) is 8.98. The van der Waals surface area contributed by atoms with Crippen LogP contribution < -0.4 is 0 Å². The lowest BCUT2D eigenvalue weighted by Gasteiger charge is -2.41. The molecule has 0 radical (unpaired) electrons. The van der Waals surface area contributed by atoms with Crippen LogP contribution in [0.3, 0.4) is 0 Å². The molecule has 2 aromatic carbocycles. The standard InChI is InChI=1S/C27H36N2O4/c1-26(2,3)29(25(31)32)22-13-16-28(18-22)24(30)23(27(33)14-7-4-8-15-27)21-12-11-19-9-5-6-10-20(19)17-21/h5-6,9-12,17,22-23,33H,4,7-8,13-16,18H2,1-3H3,(H,31,32)/t22-,23?/m1/s1. The maximum Gasteiger partial charge on any atom is 0.408 e. The van der Waals surface area contributed by atoms with Gasteiger partial charge in [0.1, 0.15) is 0 Å². The van der Waals surface area contributed by atoms with E-state index in [-0.39, 0.29) is 11.9 Å². The van der Waals surface area contributed by atoms with Gasteiger partial charge < -0.3 is 15.1 Å². The molecular weight excluding hydrogens is 416 g/mol. The molecule has 1 aliphatic heterocycles. The molecule has 178 valence electrons. The molecule has 6 heteroatoms. The molecule has 0 spiro atoms. The first-order valence-corrected chi connectivity index (χ1v) is 12.1. The molecule has 0 aromatic heterocycles. The van der Waals surface area contributed by atoms with Crippen LogP contribution in [-0.4, -0.2) is 62.3 Å². The van der Waals surface area contributed by atoms with Crippen molar-refractivity contribution in [1.29, 1.82) is 0 Å². The fraction of sp³-hybridized carbons (Fsp3) is 0.556. The van der Waals surface area contributed by atoms with E-state index in [0.717, 1.165) is 35.6 Å². The van der Waals surface area contributed by atoms with Crippen molar-refractivity contribution in [1.82, 2.24) is 9.80 Å². The van der Waals surface area contributed by atoms with Gasteiger partial charge in [-0.1, -0.05) is 61.7 Å². The number of carboxylic acid groups (broad SMARTS) is 1. The van der Waals surface area contributed by atoms with Gasteiger partial charge in [0.25, 0.3) is 0 Å². The van der Waals surface area contributed by atoms with Crippen LogP contribution in [0.25, 0.3) is 10.8 Å². The van der Waals surface area contributed by atoms with Gasteiger partial charge in [-0.2, -0.15) is 0 Å². The number of benzene rings is 2. The van der Waals surface area contributed by atoms with E-state index >= 15 is 0 Å². The highest BCUT2D eigenvalue weighted by molar-refractivity contribution is 5.89. The monoisotopic (exact) mass is 452 g/mol. The normalized spacial score (nSPS) is 21.7. The predicted octanol–water partition coefficient (Wildman–Crippen LogP) is 5.00. The molecule has 2 aromatic rings. The summed E-state index contributed by atoms with van der Waals surface area (Å²) >= 11 is 0. The van der Waals surface area contributed by atoms with Crippen LogP contribution in [0.5, 0.6) is 0 Å². The number of carbonyl (C=O) groups is 2. The summed E-state index contributed by atoms with van der Waals surface area (Å²) < 4.78 is 0. The summed E-state index contributed by atoms with van der Waals surface area (Å²) in [7, 11) is 0. The van der Waals surface area contributed by atoms with Crippen molar-refractivity contribution in [2.45, 2.75) is 82.4 Å². The molecule has 33 heavy (non-hydrogen) atoms. The highest BCUT2D eigenvalue weighted by Crippen LogP contribution is 2.42. The lowest BCUT2D eigenvalue weighted by atomic mass is 9.72. The molecule has 1 saturated carbocycles. The van der Waals surface area contributed by atoms with E-state index in [2.05, 4.69) is 0 Å². The van der Waals surface area contributed by atoms with Gasteiger partial charge in [-0.15, -0.1) is 0 Å². The second-order valence-electron chi connectivity index (χ2n) is 10.8. The molecule has 2 N–H and O–H groups in total. The Labute approximate surface area is 196 Å². The SMILES string of the molecule is CC(C)(C)N(C(=O)O)[C@@H]1CCN(C(=O)C(c2ccc3ccccc3c2)C2(O)CCCCC2)C1. The first kappa shape index (κ1) is 23.6. The maximum atomic E-state index is 14.0. The lowest BCUT2D eigenvalue weighted by molar-refractivity contribution is -0.140. The van der Waals surface area contributed by atoms with E-state index in [4.69, 9.17) is 0 Å². The number of rotatable bonds is 4. The van der Waals surface area contributed by atoms with Gasteiger partial charge in [0.15, 0.2) is 0 Å². The van der Waals surface area contributed by atoms with E-state index in [1.807, 2.05) is 63.2 Å². The Morgan fingerprint density at radius 1 is 1.06 bits per heavy atom. The van der Waals surface area contributed by atoms with Gasteiger partial charge in [0.2, 0.25) is 5.91 Å². The molecule has 6 nitrogen and oxygen atoms in total. The summed E-state index contributed by atoms with van der Waals surface area (Å²) in [5, 5.41) is 23.7. The number of aliphatic hydroxyl groups is 1. The van der Waals surface area contributed by atoms with E-state index in [0.29, 0.717) is 32.4 Å². The number of hydrogen-bond donors (Lipinski definition) is 2. The summed E-state index contributed by atoms with van der Waals surface area (Å²) in [5.74, 6) is -0.731. The van der Waals surface area contributed by atoms with Crippen LogP contribution in [0.1, 0.15) is 70.8 Å². The van der Waals surface area contributed by atoms with Crippen LogP contribution in [-0.2, 0) is 4.79 Å². The molecule has 1 saturated heterocycles. The predicted molar refractivity (Wildman–Crippen MR) is 129 cm³/mol. The largest absolute Gasteiger partial charge is 0.465 e. The smallest absolute Gasteiger partial charge is 0.408 e. The third-order valence-electron chi connectivity index (χ3n) is 7.38.